The highest BCUT2D eigenvalue weighted by Gasteiger charge is 2.20. The number of anilines is 2. The van der Waals surface area contributed by atoms with Crippen LogP contribution in [0.15, 0.2) is 29.3 Å². The van der Waals surface area contributed by atoms with Crippen molar-refractivity contribution in [1.29, 1.82) is 0 Å². The fourth-order valence-electron chi connectivity index (χ4n) is 3.05. The zero-order chi connectivity index (χ0) is 17.9. The molecular weight excluding hydrogens is 378 g/mol. The molecule has 3 rings (SSSR count). The SMILES string of the molecule is CS(=O)(=O)c1ccc(NCc2cnc(Cl)s2)cc1N1CCCCCC1. The molecule has 1 aromatic carbocycles. The lowest BCUT2D eigenvalue weighted by atomic mass is 10.2. The predicted octanol–water partition coefficient (Wildman–Crippen LogP) is 4.19. The highest BCUT2D eigenvalue weighted by atomic mass is 35.5. The van der Waals surface area contributed by atoms with Gasteiger partial charge in [0, 0.05) is 36.1 Å². The molecule has 1 aliphatic heterocycles. The topological polar surface area (TPSA) is 62.3 Å². The van der Waals surface area contributed by atoms with Crippen molar-refractivity contribution in [2.24, 2.45) is 0 Å². The largest absolute Gasteiger partial charge is 0.380 e. The molecule has 1 fully saturated rings. The number of aromatic nitrogens is 1. The van der Waals surface area contributed by atoms with Gasteiger partial charge in [0.05, 0.1) is 17.1 Å². The van der Waals surface area contributed by atoms with E-state index in [2.05, 4.69) is 15.2 Å². The van der Waals surface area contributed by atoms with E-state index in [1.165, 1.54) is 30.4 Å². The minimum atomic E-state index is -3.27. The third kappa shape index (κ3) is 4.86. The average Bonchev–Trinajstić information content (AvgIpc) is 2.82. The number of sulfone groups is 1. The first-order chi connectivity index (χ1) is 11.9. The van der Waals surface area contributed by atoms with Crippen LogP contribution in [0, 0.1) is 0 Å². The minimum absolute atomic E-state index is 0.404. The van der Waals surface area contributed by atoms with Gasteiger partial charge in [-0.25, -0.2) is 13.4 Å². The van der Waals surface area contributed by atoms with Gasteiger partial charge in [0.2, 0.25) is 0 Å². The van der Waals surface area contributed by atoms with Crippen molar-refractivity contribution in [3.63, 3.8) is 0 Å². The maximum atomic E-state index is 12.2. The molecular formula is C17H22ClN3O2S2. The summed E-state index contributed by atoms with van der Waals surface area (Å²) in [5.41, 5.74) is 1.70. The fourth-order valence-corrected chi connectivity index (χ4v) is 4.85. The molecule has 25 heavy (non-hydrogen) atoms. The van der Waals surface area contributed by atoms with E-state index in [1.54, 1.807) is 12.3 Å². The molecule has 1 saturated heterocycles. The molecule has 2 heterocycles. The van der Waals surface area contributed by atoms with Gasteiger partial charge in [0.25, 0.3) is 0 Å². The number of thiazole rings is 1. The summed E-state index contributed by atoms with van der Waals surface area (Å²) in [4.78, 5) is 7.68. The van der Waals surface area contributed by atoms with Gasteiger partial charge in [0.15, 0.2) is 14.3 Å². The Morgan fingerprint density at radius 1 is 1.24 bits per heavy atom. The summed E-state index contributed by atoms with van der Waals surface area (Å²) in [6.07, 6.45) is 7.63. The molecule has 0 spiro atoms. The Morgan fingerprint density at radius 3 is 2.56 bits per heavy atom. The molecule has 0 amide bonds. The standard InChI is InChI=1S/C17H22ClN3O2S2/c1-25(22,23)16-7-6-13(19-11-14-12-20-17(18)24-14)10-15(16)21-8-4-2-3-5-9-21/h6-7,10,12,19H,2-5,8-9,11H2,1H3. The van der Waals surface area contributed by atoms with Crippen LogP contribution < -0.4 is 10.2 Å². The molecule has 0 atom stereocenters. The van der Waals surface area contributed by atoms with Crippen LogP contribution in [0.4, 0.5) is 11.4 Å². The normalized spacial score (nSPS) is 15.8. The molecule has 0 aliphatic carbocycles. The lowest BCUT2D eigenvalue weighted by Crippen LogP contribution is -2.25. The van der Waals surface area contributed by atoms with Crippen LogP contribution in [-0.4, -0.2) is 32.7 Å². The van der Waals surface area contributed by atoms with E-state index in [0.717, 1.165) is 42.2 Å². The number of nitrogens with zero attached hydrogens (tertiary/aromatic N) is 2. The highest BCUT2D eigenvalue weighted by molar-refractivity contribution is 7.90. The van der Waals surface area contributed by atoms with E-state index in [4.69, 9.17) is 11.6 Å². The predicted molar refractivity (Wildman–Crippen MR) is 105 cm³/mol. The Bertz CT molecular complexity index is 828. The number of benzene rings is 1. The van der Waals surface area contributed by atoms with Gasteiger partial charge >= 0.3 is 0 Å². The van der Waals surface area contributed by atoms with Crippen LogP contribution in [0.1, 0.15) is 30.6 Å². The smallest absolute Gasteiger partial charge is 0.183 e. The molecule has 0 saturated carbocycles. The van der Waals surface area contributed by atoms with Crippen LogP contribution >= 0.6 is 22.9 Å². The number of hydrogen-bond acceptors (Lipinski definition) is 6. The van der Waals surface area contributed by atoms with Crippen molar-refractivity contribution in [2.75, 3.05) is 29.6 Å². The van der Waals surface area contributed by atoms with Gasteiger partial charge in [-0.1, -0.05) is 24.4 Å². The molecule has 1 aliphatic rings. The van der Waals surface area contributed by atoms with Gasteiger partial charge in [-0.3, -0.25) is 0 Å². The first-order valence-electron chi connectivity index (χ1n) is 8.36. The number of hydrogen-bond donors (Lipinski definition) is 1. The van der Waals surface area contributed by atoms with Crippen molar-refractivity contribution >= 4 is 44.1 Å². The first kappa shape index (κ1) is 18.5. The lowest BCUT2D eigenvalue weighted by molar-refractivity contribution is 0.601. The van der Waals surface area contributed by atoms with Gasteiger partial charge in [0.1, 0.15) is 0 Å². The monoisotopic (exact) mass is 399 g/mol. The molecule has 5 nitrogen and oxygen atoms in total. The second-order valence-corrected chi connectivity index (χ2v) is 9.97. The number of rotatable bonds is 5. The van der Waals surface area contributed by atoms with Crippen LogP contribution in [-0.2, 0) is 16.4 Å². The Morgan fingerprint density at radius 2 is 1.96 bits per heavy atom. The summed E-state index contributed by atoms with van der Waals surface area (Å²) in [6, 6.07) is 5.47. The number of nitrogens with one attached hydrogen (secondary N) is 1. The molecule has 1 N–H and O–H groups in total. The van der Waals surface area contributed by atoms with Crippen LogP contribution in [0.3, 0.4) is 0 Å². The Labute approximate surface area is 158 Å². The van der Waals surface area contributed by atoms with Gasteiger partial charge < -0.3 is 10.2 Å². The van der Waals surface area contributed by atoms with Crippen molar-refractivity contribution in [3.8, 4) is 0 Å². The Balaban J connectivity index is 1.86. The third-order valence-electron chi connectivity index (χ3n) is 4.30. The van der Waals surface area contributed by atoms with Crippen molar-refractivity contribution in [1.82, 2.24) is 4.98 Å². The third-order valence-corrected chi connectivity index (χ3v) is 6.56. The van der Waals surface area contributed by atoms with Gasteiger partial charge in [-0.15, -0.1) is 11.3 Å². The van der Waals surface area contributed by atoms with E-state index in [1.807, 2.05) is 12.1 Å². The van der Waals surface area contributed by atoms with E-state index >= 15 is 0 Å². The second-order valence-electron chi connectivity index (χ2n) is 6.29. The van der Waals surface area contributed by atoms with E-state index < -0.39 is 9.84 Å². The van der Waals surface area contributed by atoms with Crippen molar-refractivity contribution in [2.45, 2.75) is 37.1 Å². The van der Waals surface area contributed by atoms with Gasteiger partial charge in [-0.05, 0) is 31.0 Å². The minimum Gasteiger partial charge on any atom is -0.380 e. The van der Waals surface area contributed by atoms with Crippen LogP contribution in [0.2, 0.25) is 4.47 Å². The maximum Gasteiger partial charge on any atom is 0.183 e. The second kappa shape index (κ2) is 7.93. The van der Waals surface area contributed by atoms with Crippen molar-refractivity contribution < 1.29 is 8.42 Å². The summed E-state index contributed by atoms with van der Waals surface area (Å²) in [5.74, 6) is 0. The fraction of sp³-hybridized carbons (Fsp3) is 0.471. The van der Waals surface area contributed by atoms with E-state index in [-0.39, 0.29) is 0 Å². The van der Waals surface area contributed by atoms with Crippen LogP contribution in [0.5, 0.6) is 0 Å². The van der Waals surface area contributed by atoms with E-state index in [0.29, 0.717) is 15.9 Å². The van der Waals surface area contributed by atoms with Crippen LogP contribution in [0.25, 0.3) is 0 Å². The molecule has 8 heteroatoms. The summed E-state index contributed by atoms with van der Waals surface area (Å²) < 4.78 is 24.9. The number of halogens is 1. The Hall–Kier alpha value is -1.31. The molecule has 2 aromatic rings. The molecule has 136 valence electrons. The summed E-state index contributed by atoms with van der Waals surface area (Å²) in [6.45, 7) is 2.41. The molecule has 0 unspecified atom stereocenters. The lowest BCUT2D eigenvalue weighted by Gasteiger charge is -2.25. The van der Waals surface area contributed by atoms with Crippen molar-refractivity contribution in [3.05, 3.63) is 33.7 Å². The Kier molecular flexibility index (Phi) is 5.86. The summed E-state index contributed by atoms with van der Waals surface area (Å²) in [5, 5.41) is 3.34. The molecule has 0 radical (unpaired) electrons. The quantitative estimate of drug-likeness (QED) is 0.816. The molecule has 1 aromatic heterocycles. The van der Waals surface area contributed by atoms with Gasteiger partial charge in [-0.2, -0.15) is 0 Å². The summed E-state index contributed by atoms with van der Waals surface area (Å²) in [7, 11) is -3.27. The zero-order valence-corrected chi connectivity index (χ0v) is 16.6. The molecule has 0 bridgehead atoms. The first-order valence-corrected chi connectivity index (χ1v) is 11.5. The average molecular weight is 400 g/mol. The summed E-state index contributed by atoms with van der Waals surface area (Å²) >= 11 is 7.30. The zero-order valence-electron chi connectivity index (χ0n) is 14.2. The highest BCUT2D eigenvalue weighted by Crippen LogP contribution is 2.31. The maximum absolute atomic E-state index is 12.2. The van der Waals surface area contributed by atoms with E-state index in [9.17, 15) is 8.42 Å².